The van der Waals surface area contributed by atoms with Crippen molar-refractivity contribution in [3.63, 3.8) is 0 Å². The maximum Gasteiger partial charge on any atom is 0.211 e. The van der Waals surface area contributed by atoms with E-state index in [1.807, 2.05) is 0 Å². The molecule has 0 radical (unpaired) electrons. The highest BCUT2D eigenvalue weighted by Crippen LogP contribution is 2.27. The lowest BCUT2D eigenvalue weighted by Gasteiger charge is -2.32. The van der Waals surface area contributed by atoms with Crippen LogP contribution in [0, 0.1) is 23.2 Å². The first-order valence-corrected chi connectivity index (χ1v) is 7.12. The van der Waals surface area contributed by atoms with E-state index in [1.54, 1.807) is 0 Å². The van der Waals surface area contributed by atoms with Gasteiger partial charge < -0.3 is 0 Å². The Morgan fingerprint density at radius 1 is 1.47 bits per heavy atom. The summed E-state index contributed by atoms with van der Waals surface area (Å²) in [5.41, 5.74) is 0. The number of sulfonamides is 1. The van der Waals surface area contributed by atoms with Gasteiger partial charge in [0.25, 0.3) is 0 Å². The number of rotatable bonds is 3. The van der Waals surface area contributed by atoms with E-state index >= 15 is 0 Å². The fourth-order valence-corrected chi connectivity index (χ4v) is 2.96. The lowest BCUT2D eigenvalue weighted by atomic mass is 9.84. The van der Waals surface area contributed by atoms with E-state index in [4.69, 9.17) is 5.26 Å². The molecule has 15 heavy (non-hydrogen) atoms. The number of hydrogen-bond acceptors (Lipinski definition) is 3. The Labute approximate surface area is 91.9 Å². The molecule has 4 nitrogen and oxygen atoms in total. The molecule has 0 aromatic rings. The molecule has 1 atom stereocenters. The summed E-state index contributed by atoms with van der Waals surface area (Å²) in [7, 11) is -3.02. The van der Waals surface area contributed by atoms with E-state index in [1.165, 1.54) is 10.6 Å². The second-order valence-corrected chi connectivity index (χ2v) is 6.32. The van der Waals surface area contributed by atoms with Crippen LogP contribution < -0.4 is 0 Å². The zero-order valence-electron chi connectivity index (χ0n) is 9.31. The fourth-order valence-electron chi connectivity index (χ4n) is 2.09. The summed E-state index contributed by atoms with van der Waals surface area (Å²) in [6.45, 7) is 3.29. The number of piperidine rings is 1. The van der Waals surface area contributed by atoms with Gasteiger partial charge in [-0.25, -0.2) is 12.7 Å². The van der Waals surface area contributed by atoms with Crippen LogP contribution >= 0.6 is 0 Å². The zero-order chi connectivity index (χ0) is 11.5. The second-order valence-electron chi connectivity index (χ2n) is 4.34. The SMILES string of the molecule is CC(CC#N)C1CCN(S(C)(=O)=O)CC1. The van der Waals surface area contributed by atoms with Crippen LogP contribution in [0.1, 0.15) is 26.2 Å². The van der Waals surface area contributed by atoms with Crippen molar-refractivity contribution in [3.8, 4) is 6.07 Å². The molecular weight excluding hydrogens is 212 g/mol. The molecule has 5 heteroatoms. The Hall–Kier alpha value is -0.600. The molecule has 1 unspecified atom stereocenters. The average molecular weight is 230 g/mol. The van der Waals surface area contributed by atoms with Crippen LogP contribution in [0.4, 0.5) is 0 Å². The van der Waals surface area contributed by atoms with Crippen molar-refractivity contribution >= 4 is 10.0 Å². The van der Waals surface area contributed by atoms with Crippen molar-refractivity contribution in [3.05, 3.63) is 0 Å². The Morgan fingerprint density at radius 3 is 2.40 bits per heavy atom. The molecule has 1 saturated heterocycles. The van der Waals surface area contributed by atoms with Gasteiger partial charge in [0.15, 0.2) is 0 Å². The minimum atomic E-state index is -3.02. The van der Waals surface area contributed by atoms with Crippen LogP contribution in [0.3, 0.4) is 0 Å². The molecular formula is C10H18N2O2S. The third-order valence-electron chi connectivity index (χ3n) is 3.19. The molecule has 0 aromatic carbocycles. The van der Waals surface area contributed by atoms with Gasteiger partial charge in [0.1, 0.15) is 0 Å². The molecule has 0 amide bonds. The average Bonchev–Trinajstić information content (AvgIpc) is 2.17. The highest BCUT2D eigenvalue weighted by atomic mass is 32.2. The number of hydrogen-bond donors (Lipinski definition) is 0. The number of nitriles is 1. The molecule has 0 aromatic heterocycles. The highest BCUT2D eigenvalue weighted by molar-refractivity contribution is 7.88. The largest absolute Gasteiger partial charge is 0.213 e. The lowest BCUT2D eigenvalue weighted by molar-refractivity contribution is 0.219. The Morgan fingerprint density at radius 2 is 2.00 bits per heavy atom. The van der Waals surface area contributed by atoms with Gasteiger partial charge in [-0.3, -0.25) is 0 Å². The van der Waals surface area contributed by atoms with Crippen LogP contribution in [-0.4, -0.2) is 32.1 Å². The summed E-state index contributed by atoms with van der Waals surface area (Å²) in [5, 5.41) is 8.59. The first kappa shape index (κ1) is 12.5. The Kier molecular flexibility index (Phi) is 4.12. The third kappa shape index (κ3) is 3.47. The van der Waals surface area contributed by atoms with E-state index in [-0.39, 0.29) is 0 Å². The van der Waals surface area contributed by atoms with Crippen LogP contribution in [-0.2, 0) is 10.0 Å². The molecule has 0 aliphatic carbocycles. The molecule has 0 bridgehead atoms. The zero-order valence-corrected chi connectivity index (χ0v) is 10.1. The minimum absolute atomic E-state index is 0.386. The van der Waals surface area contributed by atoms with Gasteiger partial charge in [-0.2, -0.15) is 5.26 Å². The van der Waals surface area contributed by atoms with Gasteiger partial charge in [0.2, 0.25) is 10.0 Å². The van der Waals surface area contributed by atoms with Gasteiger partial charge in [0.05, 0.1) is 12.3 Å². The maximum atomic E-state index is 11.3. The molecule has 0 N–H and O–H groups in total. The van der Waals surface area contributed by atoms with Gasteiger partial charge in [0, 0.05) is 19.5 Å². The first-order valence-electron chi connectivity index (χ1n) is 5.27. The molecule has 1 rings (SSSR count). The molecule has 86 valence electrons. The molecule has 0 saturated carbocycles. The van der Waals surface area contributed by atoms with Crippen molar-refractivity contribution in [2.45, 2.75) is 26.2 Å². The van der Waals surface area contributed by atoms with Crippen molar-refractivity contribution < 1.29 is 8.42 Å². The van der Waals surface area contributed by atoms with Crippen molar-refractivity contribution in [2.75, 3.05) is 19.3 Å². The van der Waals surface area contributed by atoms with Gasteiger partial charge in [-0.05, 0) is 24.7 Å². The minimum Gasteiger partial charge on any atom is -0.213 e. The van der Waals surface area contributed by atoms with Crippen molar-refractivity contribution in [1.82, 2.24) is 4.31 Å². The maximum absolute atomic E-state index is 11.3. The quantitative estimate of drug-likeness (QED) is 0.732. The molecule has 1 aliphatic rings. The van der Waals surface area contributed by atoms with Crippen LogP contribution in [0.2, 0.25) is 0 Å². The topological polar surface area (TPSA) is 61.2 Å². The summed E-state index contributed by atoms with van der Waals surface area (Å²) in [4.78, 5) is 0. The van der Waals surface area contributed by atoms with Crippen LogP contribution in [0.15, 0.2) is 0 Å². The third-order valence-corrected chi connectivity index (χ3v) is 4.49. The van der Waals surface area contributed by atoms with E-state index in [9.17, 15) is 8.42 Å². The van der Waals surface area contributed by atoms with Crippen LogP contribution in [0.25, 0.3) is 0 Å². The predicted molar refractivity (Wildman–Crippen MR) is 58.5 cm³/mol. The lowest BCUT2D eigenvalue weighted by Crippen LogP contribution is -2.39. The van der Waals surface area contributed by atoms with E-state index in [0.29, 0.717) is 31.3 Å². The van der Waals surface area contributed by atoms with Gasteiger partial charge in [-0.15, -0.1) is 0 Å². The summed E-state index contributed by atoms with van der Waals surface area (Å²) in [6, 6.07) is 2.17. The smallest absolute Gasteiger partial charge is 0.211 e. The van der Waals surface area contributed by atoms with Crippen LogP contribution in [0.5, 0.6) is 0 Å². The standard InChI is InChI=1S/C10H18N2O2S/c1-9(3-6-11)10-4-7-12(8-5-10)15(2,13)14/h9-10H,3-5,7-8H2,1-2H3. The second kappa shape index (κ2) is 4.95. The van der Waals surface area contributed by atoms with Gasteiger partial charge in [-0.1, -0.05) is 6.92 Å². The van der Waals surface area contributed by atoms with Crippen molar-refractivity contribution in [1.29, 1.82) is 5.26 Å². The first-order chi connectivity index (χ1) is 6.95. The Balaban J connectivity index is 2.47. The molecule has 1 heterocycles. The molecule has 0 spiro atoms. The summed E-state index contributed by atoms with van der Waals surface area (Å²) in [6.07, 6.45) is 3.60. The molecule has 1 aliphatic heterocycles. The predicted octanol–water partition coefficient (Wildman–Crippen LogP) is 1.21. The summed E-state index contributed by atoms with van der Waals surface area (Å²) < 4.78 is 24.1. The van der Waals surface area contributed by atoms with Crippen molar-refractivity contribution in [2.24, 2.45) is 11.8 Å². The van der Waals surface area contributed by atoms with E-state index in [2.05, 4.69) is 13.0 Å². The number of nitrogens with zero attached hydrogens (tertiary/aromatic N) is 2. The summed E-state index contributed by atoms with van der Waals surface area (Å²) >= 11 is 0. The molecule has 1 fully saturated rings. The highest BCUT2D eigenvalue weighted by Gasteiger charge is 2.27. The summed E-state index contributed by atoms with van der Waals surface area (Å²) in [5.74, 6) is 0.888. The van der Waals surface area contributed by atoms with E-state index < -0.39 is 10.0 Å². The van der Waals surface area contributed by atoms with E-state index in [0.717, 1.165) is 12.8 Å². The fraction of sp³-hybridized carbons (Fsp3) is 0.900. The normalized spacial score (nSPS) is 22.2. The van der Waals surface area contributed by atoms with Gasteiger partial charge >= 0.3 is 0 Å². The monoisotopic (exact) mass is 230 g/mol. The Bertz CT molecular complexity index is 337.